The second-order valence-corrected chi connectivity index (χ2v) is 6.13. The highest BCUT2D eigenvalue weighted by Gasteiger charge is 2.34. The van der Waals surface area contributed by atoms with Crippen molar-refractivity contribution in [2.75, 3.05) is 20.2 Å². The van der Waals surface area contributed by atoms with Crippen LogP contribution in [0.25, 0.3) is 0 Å². The first-order valence-corrected chi connectivity index (χ1v) is 7.91. The maximum absolute atomic E-state index is 5.20. The van der Waals surface area contributed by atoms with E-state index in [1.165, 1.54) is 49.9 Å². The largest absolute Gasteiger partial charge is 0.380 e. The van der Waals surface area contributed by atoms with Crippen molar-refractivity contribution in [3.8, 4) is 0 Å². The number of hydrogen-bond donors (Lipinski definition) is 1. The molecule has 2 heterocycles. The third kappa shape index (κ3) is 3.22. The molecule has 1 aromatic carbocycles. The van der Waals surface area contributed by atoms with Crippen molar-refractivity contribution >= 4 is 0 Å². The summed E-state index contributed by atoms with van der Waals surface area (Å²) in [5.41, 5.74) is 2.63. The number of fused-ring (bicyclic) bond motifs is 1. The van der Waals surface area contributed by atoms with E-state index in [4.69, 9.17) is 4.74 Å². The summed E-state index contributed by atoms with van der Waals surface area (Å²) in [6.07, 6.45) is 5.48. The van der Waals surface area contributed by atoms with Gasteiger partial charge in [-0.15, -0.1) is 0 Å². The van der Waals surface area contributed by atoms with Gasteiger partial charge in [0.2, 0.25) is 0 Å². The Balaban J connectivity index is 1.55. The summed E-state index contributed by atoms with van der Waals surface area (Å²) in [5, 5.41) is 3.78. The lowest BCUT2D eigenvalue weighted by Crippen LogP contribution is -2.44. The summed E-state index contributed by atoms with van der Waals surface area (Å²) < 4.78 is 5.20. The molecule has 2 atom stereocenters. The molecule has 0 spiro atoms. The fourth-order valence-corrected chi connectivity index (χ4v) is 3.73. The summed E-state index contributed by atoms with van der Waals surface area (Å²) in [6, 6.07) is 10.2. The lowest BCUT2D eigenvalue weighted by Gasteiger charge is -2.32. The van der Waals surface area contributed by atoms with E-state index in [-0.39, 0.29) is 0 Å². The first-order valence-electron chi connectivity index (χ1n) is 7.91. The van der Waals surface area contributed by atoms with Gasteiger partial charge in [-0.1, -0.05) is 30.7 Å². The second kappa shape index (κ2) is 6.70. The van der Waals surface area contributed by atoms with Gasteiger partial charge in [0.15, 0.2) is 0 Å². The molecule has 3 heteroatoms. The van der Waals surface area contributed by atoms with Crippen LogP contribution in [0.3, 0.4) is 0 Å². The molecule has 0 amide bonds. The van der Waals surface area contributed by atoms with Crippen molar-refractivity contribution in [1.29, 1.82) is 0 Å². The van der Waals surface area contributed by atoms with Crippen molar-refractivity contribution in [2.24, 2.45) is 0 Å². The molecule has 20 heavy (non-hydrogen) atoms. The Morgan fingerprint density at radius 1 is 1.20 bits per heavy atom. The van der Waals surface area contributed by atoms with Crippen molar-refractivity contribution < 1.29 is 4.74 Å². The SMILES string of the molecule is COCc1cccc(CNC2CCN3CCCCC23)c1. The molecule has 2 fully saturated rings. The molecule has 2 aliphatic heterocycles. The minimum absolute atomic E-state index is 0.682. The second-order valence-electron chi connectivity index (χ2n) is 6.13. The first-order chi connectivity index (χ1) is 9.86. The normalized spacial score (nSPS) is 26.6. The Kier molecular flexibility index (Phi) is 4.71. The molecule has 0 aliphatic carbocycles. The summed E-state index contributed by atoms with van der Waals surface area (Å²) in [6.45, 7) is 4.28. The number of methoxy groups -OCH3 is 1. The Morgan fingerprint density at radius 2 is 2.10 bits per heavy atom. The number of hydrogen-bond acceptors (Lipinski definition) is 3. The van der Waals surface area contributed by atoms with E-state index in [0.717, 1.165) is 12.6 Å². The van der Waals surface area contributed by atoms with Gasteiger partial charge in [-0.2, -0.15) is 0 Å². The zero-order valence-corrected chi connectivity index (χ0v) is 12.5. The molecule has 3 nitrogen and oxygen atoms in total. The van der Waals surface area contributed by atoms with Gasteiger partial charge >= 0.3 is 0 Å². The molecule has 3 rings (SSSR count). The van der Waals surface area contributed by atoms with Crippen LogP contribution in [0, 0.1) is 0 Å². The van der Waals surface area contributed by atoms with Gasteiger partial charge in [0.05, 0.1) is 6.61 Å². The Morgan fingerprint density at radius 3 is 3.00 bits per heavy atom. The number of nitrogens with one attached hydrogen (secondary N) is 1. The van der Waals surface area contributed by atoms with Crippen LogP contribution in [0.1, 0.15) is 36.8 Å². The van der Waals surface area contributed by atoms with E-state index in [9.17, 15) is 0 Å². The fourth-order valence-electron chi connectivity index (χ4n) is 3.73. The van der Waals surface area contributed by atoms with E-state index >= 15 is 0 Å². The molecule has 0 aromatic heterocycles. The highest BCUT2D eigenvalue weighted by atomic mass is 16.5. The number of rotatable bonds is 5. The highest BCUT2D eigenvalue weighted by molar-refractivity contribution is 5.23. The molecule has 0 bridgehead atoms. The Labute approximate surface area is 122 Å². The van der Waals surface area contributed by atoms with E-state index in [1.807, 2.05) is 0 Å². The van der Waals surface area contributed by atoms with Crippen LogP contribution in [0.2, 0.25) is 0 Å². The highest BCUT2D eigenvalue weighted by Crippen LogP contribution is 2.27. The van der Waals surface area contributed by atoms with Crippen LogP contribution in [-0.4, -0.2) is 37.2 Å². The summed E-state index contributed by atoms with van der Waals surface area (Å²) in [4.78, 5) is 2.68. The molecule has 0 saturated carbocycles. The van der Waals surface area contributed by atoms with Crippen LogP contribution in [0.5, 0.6) is 0 Å². The van der Waals surface area contributed by atoms with Crippen LogP contribution in [0.15, 0.2) is 24.3 Å². The predicted octanol–water partition coefficient (Wildman–Crippen LogP) is 2.55. The van der Waals surface area contributed by atoms with Crippen LogP contribution < -0.4 is 5.32 Å². The molecule has 1 N–H and O–H groups in total. The van der Waals surface area contributed by atoms with Gasteiger partial charge in [0, 0.05) is 32.3 Å². The van der Waals surface area contributed by atoms with E-state index in [0.29, 0.717) is 12.6 Å². The van der Waals surface area contributed by atoms with E-state index in [2.05, 4.69) is 34.5 Å². The molecule has 1 aromatic rings. The number of piperidine rings is 1. The first kappa shape index (κ1) is 14.1. The van der Waals surface area contributed by atoms with Gasteiger partial charge in [0.1, 0.15) is 0 Å². The van der Waals surface area contributed by atoms with E-state index in [1.54, 1.807) is 7.11 Å². The zero-order valence-electron chi connectivity index (χ0n) is 12.5. The molecule has 2 aliphatic rings. The van der Waals surface area contributed by atoms with Crippen molar-refractivity contribution in [2.45, 2.75) is 50.9 Å². The van der Waals surface area contributed by atoms with Crippen molar-refractivity contribution in [1.82, 2.24) is 10.2 Å². The molecule has 0 radical (unpaired) electrons. The molecular weight excluding hydrogens is 248 g/mol. The lowest BCUT2D eigenvalue weighted by molar-refractivity contribution is 0.180. The third-order valence-corrected chi connectivity index (χ3v) is 4.73. The van der Waals surface area contributed by atoms with Gasteiger partial charge in [-0.05, 0) is 36.9 Å². The fraction of sp³-hybridized carbons (Fsp3) is 0.647. The van der Waals surface area contributed by atoms with Gasteiger partial charge in [0.25, 0.3) is 0 Å². The van der Waals surface area contributed by atoms with Gasteiger partial charge in [-0.25, -0.2) is 0 Å². The average Bonchev–Trinajstić information content (AvgIpc) is 2.89. The van der Waals surface area contributed by atoms with Gasteiger partial charge in [-0.3, -0.25) is 4.90 Å². The lowest BCUT2D eigenvalue weighted by atomic mass is 9.99. The number of nitrogens with zero attached hydrogens (tertiary/aromatic N) is 1. The zero-order chi connectivity index (χ0) is 13.8. The predicted molar refractivity (Wildman–Crippen MR) is 81.6 cm³/mol. The Hall–Kier alpha value is -0.900. The molecule has 2 saturated heterocycles. The molecular formula is C17H26N2O. The number of benzene rings is 1. The maximum atomic E-state index is 5.20. The summed E-state index contributed by atoms with van der Waals surface area (Å²) >= 11 is 0. The van der Waals surface area contributed by atoms with Gasteiger partial charge < -0.3 is 10.1 Å². The van der Waals surface area contributed by atoms with Crippen LogP contribution in [-0.2, 0) is 17.9 Å². The third-order valence-electron chi connectivity index (χ3n) is 4.73. The monoisotopic (exact) mass is 274 g/mol. The maximum Gasteiger partial charge on any atom is 0.0713 e. The summed E-state index contributed by atoms with van der Waals surface area (Å²) in [7, 11) is 1.75. The quantitative estimate of drug-likeness (QED) is 0.893. The van der Waals surface area contributed by atoms with Crippen molar-refractivity contribution in [3.05, 3.63) is 35.4 Å². The van der Waals surface area contributed by atoms with Crippen molar-refractivity contribution in [3.63, 3.8) is 0 Å². The van der Waals surface area contributed by atoms with Crippen LogP contribution >= 0.6 is 0 Å². The minimum atomic E-state index is 0.682. The molecule has 2 unspecified atom stereocenters. The summed E-state index contributed by atoms with van der Waals surface area (Å²) in [5.74, 6) is 0. The van der Waals surface area contributed by atoms with Crippen LogP contribution in [0.4, 0.5) is 0 Å². The topological polar surface area (TPSA) is 24.5 Å². The van der Waals surface area contributed by atoms with E-state index < -0.39 is 0 Å². The average molecular weight is 274 g/mol. The smallest absolute Gasteiger partial charge is 0.0713 e. The minimum Gasteiger partial charge on any atom is -0.380 e. The Bertz CT molecular complexity index is 435. The standard InChI is InChI=1S/C17H26N2O/c1-20-13-15-6-4-5-14(11-15)12-18-16-8-10-19-9-3-2-7-17(16)19/h4-6,11,16-18H,2-3,7-10,12-13H2,1H3. The number of ether oxygens (including phenoxy) is 1. The molecule has 110 valence electrons.